The summed E-state index contributed by atoms with van der Waals surface area (Å²) in [5.74, 6) is 2.23. The molecule has 0 unspecified atom stereocenters. The maximum atomic E-state index is 5.65. The lowest BCUT2D eigenvalue weighted by Gasteiger charge is -2.19. The van der Waals surface area contributed by atoms with E-state index in [2.05, 4.69) is 34.3 Å². The molecule has 0 aliphatic carbocycles. The molecule has 1 aliphatic heterocycles. The van der Waals surface area contributed by atoms with Crippen molar-refractivity contribution in [1.82, 2.24) is 9.97 Å². The summed E-state index contributed by atoms with van der Waals surface area (Å²) in [6.45, 7) is 3.19. The zero-order chi connectivity index (χ0) is 14.9. The highest BCUT2D eigenvalue weighted by Crippen LogP contribution is 2.36. The van der Waals surface area contributed by atoms with Crippen LogP contribution in [0, 0.1) is 6.92 Å². The van der Waals surface area contributed by atoms with Gasteiger partial charge in [-0.3, -0.25) is 0 Å². The molecule has 4 rings (SSSR count). The van der Waals surface area contributed by atoms with Crippen LogP contribution in [0.5, 0.6) is 11.5 Å². The summed E-state index contributed by atoms with van der Waals surface area (Å²) in [6, 6.07) is 12.0. The Kier molecular flexibility index (Phi) is 4.21. The van der Waals surface area contributed by atoms with Crippen LogP contribution in [-0.2, 0) is 0 Å². The summed E-state index contributed by atoms with van der Waals surface area (Å²) >= 11 is 0. The van der Waals surface area contributed by atoms with Crippen molar-refractivity contribution < 1.29 is 9.47 Å². The van der Waals surface area contributed by atoms with E-state index in [0.717, 1.165) is 33.9 Å². The van der Waals surface area contributed by atoms with Crippen LogP contribution in [0.15, 0.2) is 42.7 Å². The van der Waals surface area contributed by atoms with E-state index < -0.39 is 0 Å². The number of ether oxygens (including phenoxy) is 2. The van der Waals surface area contributed by atoms with Crippen LogP contribution in [0.1, 0.15) is 5.56 Å². The fraction of sp³-hybridized carbons (Fsp3) is 0.176. The SMILES string of the molecule is Cc1cccc(Nc2ncnc3cc4c(cc23)OCCO4)c1.Cl. The molecule has 118 valence electrons. The Bertz CT molecular complexity index is 854. The number of anilines is 2. The minimum atomic E-state index is 0. The van der Waals surface area contributed by atoms with Gasteiger partial charge in [-0.2, -0.15) is 0 Å². The standard InChI is InChI=1S/C17H15N3O2.ClH/c1-11-3-2-4-12(7-11)20-17-13-8-15-16(22-6-5-21-15)9-14(13)18-10-19-17;/h2-4,7-10H,5-6H2,1H3,(H,18,19,20);1H. The van der Waals surface area contributed by atoms with Crippen molar-refractivity contribution in [3.63, 3.8) is 0 Å². The largest absolute Gasteiger partial charge is 0.486 e. The highest BCUT2D eigenvalue weighted by molar-refractivity contribution is 5.93. The highest BCUT2D eigenvalue weighted by atomic mass is 35.5. The summed E-state index contributed by atoms with van der Waals surface area (Å²) in [4.78, 5) is 8.68. The van der Waals surface area contributed by atoms with Crippen molar-refractivity contribution in [2.45, 2.75) is 6.92 Å². The molecule has 2 aromatic carbocycles. The predicted octanol–water partition coefficient (Wildman–Crippen LogP) is 3.87. The van der Waals surface area contributed by atoms with Crippen LogP contribution in [0.4, 0.5) is 11.5 Å². The fourth-order valence-electron chi connectivity index (χ4n) is 2.55. The minimum Gasteiger partial charge on any atom is -0.486 e. The molecule has 5 nitrogen and oxygen atoms in total. The smallest absolute Gasteiger partial charge is 0.163 e. The van der Waals surface area contributed by atoms with Gasteiger partial charge in [-0.25, -0.2) is 9.97 Å². The molecule has 1 N–H and O–H groups in total. The van der Waals surface area contributed by atoms with Crippen LogP contribution >= 0.6 is 12.4 Å². The Hall–Kier alpha value is -2.53. The van der Waals surface area contributed by atoms with Gasteiger partial charge in [0.25, 0.3) is 0 Å². The number of benzene rings is 2. The van der Waals surface area contributed by atoms with Crippen molar-refractivity contribution in [3.05, 3.63) is 48.3 Å². The molecule has 1 aromatic heterocycles. The van der Waals surface area contributed by atoms with Crippen molar-refractivity contribution in [2.75, 3.05) is 18.5 Å². The topological polar surface area (TPSA) is 56.3 Å². The minimum absolute atomic E-state index is 0. The number of nitrogens with zero attached hydrogens (tertiary/aromatic N) is 2. The molecule has 1 aliphatic rings. The van der Waals surface area contributed by atoms with E-state index >= 15 is 0 Å². The first kappa shape index (κ1) is 15.4. The Morgan fingerprint density at radius 3 is 2.57 bits per heavy atom. The summed E-state index contributed by atoms with van der Waals surface area (Å²) in [5, 5.41) is 4.26. The number of aromatic nitrogens is 2. The summed E-state index contributed by atoms with van der Waals surface area (Å²) in [7, 11) is 0. The molecule has 0 bridgehead atoms. The van der Waals surface area contributed by atoms with Crippen LogP contribution in [0.3, 0.4) is 0 Å². The number of fused-ring (bicyclic) bond motifs is 2. The quantitative estimate of drug-likeness (QED) is 0.773. The molecular weight excluding hydrogens is 314 g/mol. The van der Waals surface area contributed by atoms with Gasteiger partial charge in [0.2, 0.25) is 0 Å². The number of hydrogen-bond acceptors (Lipinski definition) is 5. The predicted molar refractivity (Wildman–Crippen MR) is 92.2 cm³/mol. The van der Waals surface area contributed by atoms with Crippen molar-refractivity contribution in [2.24, 2.45) is 0 Å². The van der Waals surface area contributed by atoms with E-state index in [-0.39, 0.29) is 12.4 Å². The third kappa shape index (κ3) is 3.00. The van der Waals surface area contributed by atoms with Crippen molar-refractivity contribution >= 4 is 34.8 Å². The molecule has 3 aromatic rings. The lowest BCUT2D eigenvalue weighted by molar-refractivity contribution is 0.172. The molecule has 0 fully saturated rings. The van der Waals surface area contributed by atoms with Gasteiger partial charge in [-0.1, -0.05) is 12.1 Å². The highest BCUT2D eigenvalue weighted by Gasteiger charge is 2.15. The Morgan fingerprint density at radius 1 is 1.00 bits per heavy atom. The molecule has 0 radical (unpaired) electrons. The third-order valence-electron chi connectivity index (χ3n) is 3.58. The van der Waals surface area contributed by atoms with Gasteiger partial charge in [-0.15, -0.1) is 12.4 Å². The lowest BCUT2D eigenvalue weighted by Crippen LogP contribution is -2.15. The number of nitrogens with one attached hydrogen (secondary N) is 1. The van der Waals surface area contributed by atoms with Crippen LogP contribution < -0.4 is 14.8 Å². The second-order valence-corrected chi connectivity index (χ2v) is 5.23. The van der Waals surface area contributed by atoms with Gasteiger partial charge >= 0.3 is 0 Å². The van der Waals surface area contributed by atoms with Crippen molar-refractivity contribution in [3.8, 4) is 11.5 Å². The number of hydrogen-bond donors (Lipinski definition) is 1. The van der Waals surface area contributed by atoms with E-state index in [4.69, 9.17) is 9.47 Å². The van der Waals surface area contributed by atoms with Gasteiger partial charge in [0.1, 0.15) is 25.4 Å². The molecule has 6 heteroatoms. The van der Waals surface area contributed by atoms with E-state index in [1.54, 1.807) is 6.33 Å². The molecule has 0 atom stereocenters. The van der Waals surface area contributed by atoms with Gasteiger partial charge in [0.05, 0.1) is 5.52 Å². The summed E-state index contributed by atoms with van der Waals surface area (Å²) in [6.07, 6.45) is 1.55. The molecule has 0 saturated carbocycles. The second-order valence-electron chi connectivity index (χ2n) is 5.23. The van der Waals surface area contributed by atoms with Crippen LogP contribution in [-0.4, -0.2) is 23.2 Å². The summed E-state index contributed by atoms with van der Waals surface area (Å²) < 4.78 is 11.2. The Balaban J connectivity index is 0.00000156. The third-order valence-corrected chi connectivity index (χ3v) is 3.58. The molecule has 0 amide bonds. The second kappa shape index (κ2) is 6.30. The van der Waals surface area contributed by atoms with Gasteiger partial charge in [0, 0.05) is 17.1 Å². The molecular formula is C17H16ClN3O2. The first-order valence-electron chi connectivity index (χ1n) is 7.18. The van der Waals surface area contributed by atoms with Crippen LogP contribution in [0.25, 0.3) is 10.9 Å². The number of aryl methyl sites for hydroxylation is 1. The van der Waals surface area contributed by atoms with E-state index in [1.165, 1.54) is 5.56 Å². The first-order chi connectivity index (χ1) is 10.8. The molecule has 23 heavy (non-hydrogen) atoms. The van der Waals surface area contributed by atoms with Crippen LogP contribution in [0.2, 0.25) is 0 Å². The van der Waals surface area contributed by atoms with E-state index in [9.17, 15) is 0 Å². The fourth-order valence-corrected chi connectivity index (χ4v) is 2.55. The maximum absolute atomic E-state index is 5.65. The average molecular weight is 330 g/mol. The van der Waals surface area contributed by atoms with Gasteiger partial charge in [-0.05, 0) is 30.7 Å². The Labute approximate surface area is 140 Å². The monoisotopic (exact) mass is 329 g/mol. The molecule has 2 heterocycles. The van der Waals surface area contributed by atoms with E-state index in [0.29, 0.717) is 13.2 Å². The lowest BCUT2D eigenvalue weighted by atomic mass is 10.2. The summed E-state index contributed by atoms with van der Waals surface area (Å²) in [5.41, 5.74) is 3.02. The molecule has 0 saturated heterocycles. The Morgan fingerprint density at radius 2 is 1.78 bits per heavy atom. The van der Waals surface area contributed by atoms with Crippen molar-refractivity contribution in [1.29, 1.82) is 0 Å². The maximum Gasteiger partial charge on any atom is 0.163 e. The van der Waals surface area contributed by atoms with Gasteiger partial charge in [0.15, 0.2) is 11.5 Å². The average Bonchev–Trinajstić information content (AvgIpc) is 2.53. The zero-order valence-electron chi connectivity index (χ0n) is 12.6. The normalized spacial score (nSPS) is 12.6. The number of halogens is 1. The first-order valence-corrected chi connectivity index (χ1v) is 7.18. The molecule has 0 spiro atoms. The van der Waals surface area contributed by atoms with Gasteiger partial charge < -0.3 is 14.8 Å². The number of rotatable bonds is 2. The van der Waals surface area contributed by atoms with E-state index in [1.807, 2.05) is 24.3 Å². The zero-order valence-corrected chi connectivity index (χ0v) is 13.4.